The van der Waals surface area contributed by atoms with Crippen LogP contribution in [0.25, 0.3) is 0 Å². The van der Waals surface area contributed by atoms with E-state index in [0.29, 0.717) is 6.92 Å². The van der Waals surface area contributed by atoms with Gasteiger partial charge in [-0.3, -0.25) is 0 Å². The first kappa shape index (κ1) is 13.8. The van der Waals surface area contributed by atoms with Crippen LogP contribution in [0.4, 0.5) is 8.78 Å². The third-order valence-corrected chi connectivity index (χ3v) is 2.21. The van der Waals surface area contributed by atoms with Crippen molar-refractivity contribution in [2.24, 2.45) is 0 Å². The second kappa shape index (κ2) is 5.16. The number of alkyl halides is 2. The van der Waals surface area contributed by atoms with Crippen LogP contribution in [0.5, 0.6) is 11.8 Å². The van der Waals surface area contributed by atoms with Gasteiger partial charge in [-0.1, -0.05) is 6.07 Å². The Labute approximate surface area is 112 Å². The molecule has 2 heterocycles. The van der Waals surface area contributed by atoms with Crippen LogP contribution >= 0.6 is 0 Å². The van der Waals surface area contributed by atoms with Crippen LogP contribution in [-0.2, 0) is 5.92 Å². The summed E-state index contributed by atoms with van der Waals surface area (Å²) in [7, 11) is 0. The molecule has 0 spiro atoms. The summed E-state index contributed by atoms with van der Waals surface area (Å²) in [6.45, 7) is 0.614. The molecule has 0 aliphatic carbocycles. The number of ether oxygens (including phenoxy) is 1. The number of nitrogens with zero attached hydrogens (tertiary/aromatic N) is 3. The van der Waals surface area contributed by atoms with Crippen LogP contribution in [0, 0.1) is 0 Å². The number of aromatic nitrogens is 3. The molecule has 0 atom stereocenters. The van der Waals surface area contributed by atoms with Crippen LogP contribution in [0.2, 0.25) is 0 Å². The number of hydrogen-bond donors (Lipinski definition) is 1. The van der Waals surface area contributed by atoms with Gasteiger partial charge in [0, 0.05) is 19.2 Å². The zero-order valence-electron chi connectivity index (χ0n) is 10.2. The molecule has 2 aromatic rings. The van der Waals surface area contributed by atoms with E-state index in [1.54, 1.807) is 12.1 Å². The Bertz CT molecular complexity index is 630. The molecule has 0 saturated carbocycles. The molecule has 0 radical (unpaired) electrons. The maximum absolute atomic E-state index is 13.4. The molecule has 0 aliphatic rings. The topological polar surface area (TPSA) is 85.2 Å². The minimum atomic E-state index is -3.33. The van der Waals surface area contributed by atoms with Crippen molar-refractivity contribution < 1.29 is 23.4 Å². The fourth-order valence-corrected chi connectivity index (χ4v) is 1.35. The molecule has 0 bridgehead atoms. The van der Waals surface area contributed by atoms with Crippen LogP contribution < -0.4 is 4.74 Å². The highest BCUT2D eigenvalue weighted by Gasteiger charge is 2.33. The quantitative estimate of drug-likeness (QED) is 0.926. The van der Waals surface area contributed by atoms with E-state index in [9.17, 15) is 13.6 Å². The number of hydrogen-bond acceptors (Lipinski definition) is 5. The SMILES string of the molecule is CC(F)(F)c1ncc(C(=O)O)nc1Oc1ccccn1. The molecule has 0 aliphatic heterocycles. The van der Waals surface area contributed by atoms with Gasteiger partial charge >= 0.3 is 5.97 Å². The molecule has 6 nitrogen and oxygen atoms in total. The molecule has 0 aromatic carbocycles. The van der Waals surface area contributed by atoms with Gasteiger partial charge in [-0.15, -0.1) is 0 Å². The fourth-order valence-electron chi connectivity index (χ4n) is 1.35. The third kappa shape index (κ3) is 3.02. The Kier molecular flexibility index (Phi) is 3.55. The van der Waals surface area contributed by atoms with E-state index in [4.69, 9.17) is 9.84 Å². The van der Waals surface area contributed by atoms with Gasteiger partial charge in [-0.2, -0.15) is 8.78 Å². The lowest BCUT2D eigenvalue weighted by Crippen LogP contribution is -2.15. The first-order chi connectivity index (χ1) is 9.38. The molecule has 20 heavy (non-hydrogen) atoms. The highest BCUT2D eigenvalue weighted by Crippen LogP contribution is 2.33. The predicted molar refractivity (Wildman–Crippen MR) is 62.9 cm³/mol. The van der Waals surface area contributed by atoms with E-state index in [-0.39, 0.29) is 5.88 Å². The molecule has 0 amide bonds. The predicted octanol–water partition coefficient (Wildman–Crippen LogP) is 2.47. The highest BCUT2D eigenvalue weighted by atomic mass is 19.3. The van der Waals surface area contributed by atoms with Crippen LogP contribution in [0.15, 0.2) is 30.6 Å². The van der Waals surface area contributed by atoms with Crippen LogP contribution in [-0.4, -0.2) is 26.0 Å². The van der Waals surface area contributed by atoms with E-state index in [0.717, 1.165) is 6.20 Å². The summed E-state index contributed by atoms with van der Waals surface area (Å²) in [6.07, 6.45) is 2.15. The molecule has 104 valence electrons. The minimum absolute atomic E-state index is 0.00911. The van der Waals surface area contributed by atoms with Gasteiger partial charge in [0.1, 0.15) is 0 Å². The number of rotatable bonds is 4. The van der Waals surface area contributed by atoms with Gasteiger partial charge in [-0.25, -0.2) is 19.7 Å². The second-order valence-electron chi connectivity index (χ2n) is 3.87. The molecule has 2 aromatic heterocycles. The monoisotopic (exact) mass is 281 g/mol. The van der Waals surface area contributed by atoms with Crippen molar-refractivity contribution in [2.75, 3.05) is 0 Å². The lowest BCUT2D eigenvalue weighted by atomic mass is 10.2. The summed E-state index contributed by atoms with van der Waals surface area (Å²) < 4.78 is 31.9. The van der Waals surface area contributed by atoms with Crippen LogP contribution in [0.1, 0.15) is 23.1 Å². The van der Waals surface area contributed by atoms with Crippen molar-refractivity contribution in [1.29, 1.82) is 0 Å². The summed E-state index contributed by atoms with van der Waals surface area (Å²) in [5, 5.41) is 8.81. The minimum Gasteiger partial charge on any atom is -0.476 e. The van der Waals surface area contributed by atoms with Crippen molar-refractivity contribution >= 4 is 5.97 Å². The summed E-state index contributed by atoms with van der Waals surface area (Å²) >= 11 is 0. The second-order valence-corrected chi connectivity index (χ2v) is 3.87. The Balaban J connectivity index is 2.47. The van der Waals surface area contributed by atoms with Crippen molar-refractivity contribution in [3.8, 4) is 11.8 Å². The van der Waals surface area contributed by atoms with Gasteiger partial charge in [0.05, 0.1) is 6.20 Å². The standard InChI is InChI=1S/C12H9F2N3O3/c1-12(13,14)9-10(17-7(6-16-9)11(18)19)20-8-4-2-3-5-15-8/h2-6H,1H3,(H,18,19). The molecular weight excluding hydrogens is 272 g/mol. The average Bonchev–Trinajstić information content (AvgIpc) is 2.38. The molecule has 0 fully saturated rings. The van der Waals surface area contributed by atoms with E-state index < -0.39 is 29.2 Å². The van der Waals surface area contributed by atoms with Crippen LogP contribution in [0.3, 0.4) is 0 Å². The largest absolute Gasteiger partial charge is 0.476 e. The lowest BCUT2D eigenvalue weighted by molar-refractivity contribution is 0.00976. The lowest BCUT2D eigenvalue weighted by Gasteiger charge is -2.13. The van der Waals surface area contributed by atoms with Crippen molar-refractivity contribution in [1.82, 2.24) is 15.0 Å². The number of halogens is 2. The molecular formula is C12H9F2N3O3. The normalized spacial score (nSPS) is 11.2. The van der Waals surface area contributed by atoms with E-state index in [1.807, 2.05) is 0 Å². The summed E-state index contributed by atoms with van der Waals surface area (Å²) in [5.74, 6) is -5.30. The highest BCUT2D eigenvalue weighted by molar-refractivity contribution is 5.85. The number of carboxylic acids is 1. The van der Waals surface area contributed by atoms with Gasteiger partial charge < -0.3 is 9.84 Å². The van der Waals surface area contributed by atoms with Crippen molar-refractivity contribution in [3.63, 3.8) is 0 Å². The Morgan fingerprint density at radius 2 is 2.10 bits per heavy atom. The summed E-state index contributed by atoms with van der Waals surface area (Å²) in [5.41, 5.74) is -1.25. The molecule has 2 rings (SSSR count). The maximum Gasteiger partial charge on any atom is 0.356 e. The Hall–Kier alpha value is -2.64. The Morgan fingerprint density at radius 1 is 1.35 bits per heavy atom. The van der Waals surface area contributed by atoms with Gasteiger partial charge in [0.15, 0.2) is 11.4 Å². The first-order valence-electron chi connectivity index (χ1n) is 5.45. The molecule has 1 N–H and O–H groups in total. The number of pyridine rings is 1. The van der Waals surface area contributed by atoms with Gasteiger partial charge in [-0.05, 0) is 6.07 Å². The third-order valence-electron chi connectivity index (χ3n) is 2.21. The molecule has 8 heteroatoms. The van der Waals surface area contributed by atoms with E-state index in [1.165, 1.54) is 12.3 Å². The van der Waals surface area contributed by atoms with Crippen molar-refractivity contribution in [3.05, 3.63) is 42.0 Å². The van der Waals surface area contributed by atoms with Gasteiger partial charge in [0.25, 0.3) is 5.92 Å². The maximum atomic E-state index is 13.4. The zero-order chi connectivity index (χ0) is 14.8. The van der Waals surface area contributed by atoms with E-state index in [2.05, 4.69) is 15.0 Å². The van der Waals surface area contributed by atoms with E-state index >= 15 is 0 Å². The summed E-state index contributed by atoms with van der Waals surface area (Å²) in [4.78, 5) is 21.5. The molecule has 0 unspecified atom stereocenters. The first-order valence-corrected chi connectivity index (χ1v) is 5.45. The zero-order valence-corrected chi connectivity index (χ0v) is 10.2. The average molecular weight is 281 g/mol. The van der Waals surface area contributed by atoms with Gasteiger partial charge in [0.2, 0.25) is 11.8 Å². The number of carbonyl (C=O) groups is 1. The fraction of sp³-hybridized carbons (Fsp3) is 0.167. The van der Waals surface area contributed by atoms with Crippen molar-refractivity contribution in [2.45, 2.75) is 12.8 Å². The Morgan fingerprint density at radius 3 is 2.65 bits per heavy atom. The number of carboxylic acid groups (broad SMARTS) is 1. The molecule has 0 saturated heterocycles. The smallest absolute Gasteiger partial charge is 0.356 e. The number of aromatic carboxylic acids is 1. The summed E-state index contributed by atoms with van der Waals surface area (Å²) in [6, 6.07) is 4.62.